The zero-order chi connectivity index (χ0) is 12.3. The molecule has 0 bridgehead atoms. The fraction of sp³-hybridized carbons (Fsp3) is 0.273. The number of ether oxygens (including phenoxy) is 2. The highest BCUT2D eigenvalue weighted by Gasteiger charge is 2.11. The predicted molar refractivity (Wildman–Crippen MR) is 62.4 cm³/mol. The molecule has 2 N–H and O–H groups in total. The monoisotopic (exact) mass is 234 g/mol. The highest BCUT2D eigenvalue weighted by atomic mass is 16.5. The maximum Gasteiger partial charge on any atom is 0.148 e. The molecule has 0 aliphatic carbocycles. The van der Waals surface area contributed by atoms with Gasteiger partial charge in [0.25, 0.3) is 0 Å². The molecule has 0 fully saturated rings. The van der Waals surface area contributed by atoms with Crippen LogP contribution in [0.5, 0.6) is 11.5 Å². The van der Waals surface area contributed by atoms with Gasteiger partial charge in [-0.15, -0.1) is 5.10 Å². The summed E-state index contributed by atoms with van der Waals surface area (Å²) >= 11 is 0. The first-order chi connectivity index (χ1) is 8.30. The van der Waals surface area contributed by atoms with Gasteiger partial charge in [-0.3, -0.25) is 0 Å². The van der Waals surface area contributed by atoms with Crippen LogP contribution in [-0.2, 0) is 6.54 Å². The number of nitrogens with zero attached hydrogens (tertiary/aromatic N) is 3. The highest BCUT2D eigenvalue weighted by Crippen LogP contribution is 2.27. The van der Waals surface area contributed by atoms with E-state index in [-0.39, 0.29) is 0 Å². The SMILES string of the molecule is COc1ccc(-n2nncc2CN)c(OC)c1. The van der Waals surface area contributed by atoms with Crippen molar-refractivity contribution in [3.63, 3.8) is 0 Å². The van der Waals surface area contributed by atoms with E-state index < -0.39 is 0 Å². The Hall–Kier alpha value is -2.08. The Balaban J connectivity index is 2.51. The molecular weight excluding hydrogens is 220 g/mol. The second kappa shape index (κ2) is 4.84. The first-order valence-corrected chi connectivity index (χ1v) is 5.12. The van der Waals surface area contributed by atoms with Crippen LogP contribution in [0.3, 0.4) is 0 Å². The van der Waals surface area contributed by atoms with Crippen molar-refractivity contribution in [1.82, 2.24) is 15.0 Å². The molecule has 0 unspecified atom stereocenters. The Morgan fingerprint density at radius 3 is 2.76 bits per heavy atom. The molecule has 0 saturated carbocycles. The lowest BCUT2D eigenvalue weighted by molar-refractivity contribution is 0.392. The van der Waals surface area contributed by atoms with Gasteiger partial charge in [0.1, 0.15) is 17.2 Å². The minimum atomic E-state index is 0.363. The van der Waals surface area contributed by atoms with Crippen LogP contribution in [0.2, 0.25) is 0 Å². The summed E-state index contributed by atoms with van der Waals surface area (Å²) in [6.07, 6.45) is 1.63. The first-order valence-electron chi connectivity index (χ1n) is 5.12. The van der Waals surface area contributed by atoms with Crippen LogP contribution in [0.1, 0.15) is 5.69 Å². The van der Waals surface area contributed by atoms with E-state index in [1.165, 1.54) is 0 Å². The Labute approximate surface area is 98.9 Å². The van der Waals surface area contributed by atoms with Gasteiger partial charge in [0, 0.05) is 12.6 Å². The molecule has 0 amide bonds. The Morgan fingerprint density at radius 2 is 2.12 bits per heavy atom. The van der Waals surface area contributed by atoms with Crippen molar-refractivity contribution in [3.8, 4) is 17.2 Å². The lowest BCUT2D eigenvalue weighted by Gasteiger charge is -2.11. The zero-order valence-electron chi connectivity index (χ0n) is 9.75. The number of nitrogens with two attached hydrogens (primary N) is 1. The number of aromatic nitrogens is 3. The van der Waals surface area contributed by atoms with Gasteiger partial charge in [-0.25, -0.2) is 4.68 Å². The van der Waals surface area contributed by atoms with Crippen LogP contribution >= 0.6 is 0 Å². The maximum atomic E-state index is 5.61. The first kappa shape index (κ1) is 11.4. The van der Waals surface area contributed by atoms with E-state index in [4.69, 9.17) is 15.2 Å². The van der Waals surface area contributed by atoms with E-state index in [1.807, 2.05) is 12.1 Å². The molecular formula is C11H14N4O2. The molecule has 2 aromatic rings. The zero-order valence-corrected chi connectivity index (χ0v) is 9.75. The summed E-state index contributed by atoms with van der Waals surface area (Å²) in [5.41, 5.74) is 7.21. The average molecular weight is 234 g/mol. The van der Waals surface area contributed by atoms with Crippen LogP contribution in [0, 0.1) is 0 Å². The summed E-state index contributed by atoms with van der Waals surface area (Å²) in [6.45, 7) is 0.363. The van der Waals surface area contributed by atoms with Crippen LogP contribution < -0.4 is 15.2 Å². The number of hydrogen-bond acceptors (Lipinski definition) is 5. The van der Waals surface area contributed by atoms with Crippen LogP contribution in [0.25, 0.3) is 5.69 Å². The molecule has 90 valence electrons. The molecule has 0 aliphatic rings. The van der Waals surface area contributed by atoms with Crippen molar-refractivity contribution in [2.75, 3.05) is 14.2 Å². The fourth-order valence-corrected chi connectivity index (χ4v) is 1.56. The summed E-state index contributed by atoms with van der Waals surface area (Å²) < 4.78 is 12.1. The number of hydrogen-bond donors (Lipinski definition) is 1. The third-order valence-corrected chi connectivity index (χ3v) is 2.44. The van der Waals surface area contributed by atoms with Crippen molar-refractivity contribution in [1.29, 1.82) is 0 Å². The normalized spacial score (nSPS) is 10.3. The average Bonchev–Trinajstić information content (AvgIpc) is 2.85. The van der Waals surface area contributed by atoms with Crippen molar-refractivity contribution in [3.05, 3.63) is 30.1 Å². The van der Waals surface area contributed by atoms with E-state index >= 15 is 0 Å². The molecule has 0 saturated heterocycles. The lowest BCUT2D eigenvalue weighted by Crippen LogP contribution is -2.08. The third-order valence-electron chi connectivity index (χ3n) is 2.44. The van der Waals surface area contributed by atoms with Gasteiger partial charge in [-0.2, -0.15) is 0 Å². The molecule has 0 aliphatic heterocycles. The van der Waals surface area contributed by atoms with E-state index in [0.717, 1.165) is 17.1 Å². The summed E-state index contributed by atoms with van der Waals surface area (Å²) in [5, 5.41) is 7.82. The fourth-order valence-electron chi connectivity index (χ4n) is 1.56. The van der Waals surface area contributed by atoms with Gasteiger partial charge in [-0.05, 0) is 12.1 Å². The van der Waals surface area contributed by atoms with Gasteiger partial charge in [-0.1, -0.05) is 5.21 Å². The molecule has 1 heterocycles. The van der Waals surface area contributed by atoms with Gasteiger partial charge >= 0.3 is 0 Å². The van der Waals surface area contributed by atoms with Crippen molar-refractivity contribution in [2.45, 2.75) is 6.54 Å². The van der Waals surface area contributed by atoms with E-state index in [9.17, 15) is 0 Å². The summed E-state index contributed by atoms with van der Waals surface area (Å²) in [4.78, 5) is 0. The molecule has 0 atom stereocenters. The molecule has 1 aromatic carbocycles. The molecule has 0 radical (unpaired) electrons. The quantitative estimate of drug-likeness (QED) is 0.844. The van der Waals surface area contributed by atoms with Gasteiger partial charge in [0.2, 0.25) is 0 Å². The molecule has 2 rings (SSSR count). The lowest BCUT2D eigenvalue weighted by atomic mass is 10.2. The van der Waals surface area contributed by atoms with Crippen LogP contribution in [-0.4, -0.2) is 29.2 Å². The molecule has 17 heavy (non-hydrogen) atoms. The Bertz CT molecular complexity index is 510. The smallest absolute Gasteiger partial charge is 0.148 e. The van der Waals surface area contributed by atoms with E-state index in [0.29, 0.717) is 12.3 Å². The third kappa shape index (κ3) is 2.07. The van der Waals surface area contributed by atoms with Crippen LogP contribution in [0.15, 0.2) is 24.4 Å². The van der Waals surface area contributed by atoms with E-state index in [1.54, 1.807) is 31.2 Å². The van der Waals surface area contributed by atoms with Gasteiger partial charge < -0.3 is 15.2 Å². The predicted octanol–water partition coefficient (Wildman–Crippen LogP) is 0.743. The minimum Gasteiger partial charge on any atom is -0.497 e. The number of benzene rings is 1. The standard InChI is InChI=1S/C11H14N4O2/c1-16-9-3-4-10(11(5-9)17-2)15-8(6-12)7-13-14-15/h3-5,7H,6,12H2,1-2H3. The van der Waals surface area contributed by atoms with Gasteiger partial charge in [0.15, 0.2) is 0 Å². The second-order valence-corrected chi connectivity index (χ2v) is 3.38. The Morgan fingerprint density at radius 1 is 1.29 bits per heavy atom. The molecule has 6 heteroatoms. The topological polar surface area (TPSA) is 75.2 Å². The minimum absolute atomic E-state index is 0.363. The summed E-state index contributed by atoms with van der Waals surface area (Å²) in [7, 11) is 3.20. The number of methoxy groups -OCH3 is 2. The largest absolute Gasteiger partial charge is 0.497 e. The van der Waals surface area contributed by atoms with Crippen molar-refractivity contribution in [2.24, 2.45) is 5.73 Å². The van der Waals surface area contributed by atoms with Gasteiger partial charge in [0.05, 0.1) is 26.1 Å². The molecule has 1 aromatic heterocycles. The van der Waals surface area contributed by atoms with Crippen molar-refractivity contribution < 1.29 is 9.47 Å². The molecule has 0 spiro atoms. The maximum absolute atomic E-state index is 5.61. The van der Waals surface area contributed by atoms with E-state index in [2.05, 4.69) is 10.3 Å². The number of rotatable bonds is 4. The summed E-state index contributed by atoms with van der Waals surface area (Å²) in [5.74, 6) is 1.38. The second-order valence-electron chi connectivity index (χ2n) is 3.38. The summed E-state index contributed by atoms with van der Waals surface area (Å²) in [6, 6.07) is 5.47. The Kier molecular flexibility index (Phi) is 3.24. The molecule has 6 nitrogen and oxygen atoms in total. The van der Waals surface area contributed by atoms with Crippen LogP contribution in [0.4, 0.5) is 0 Å². The highest BCUT2D eigenvalue weighted by molar-refractivity contribution is 5.50. The van der Waals surface area contributed by atoms with Crippen molar-refractivity contribution >= 4 is 0 Å².